The largest absolute Gasteiger partial charge is 0.467 e. The molecule has 1 aliphatic carbocycles. The van der Waals surface area contributed by atoms with Crippen molar-refractivity contribution in [3.8, 4) is 0 Å². The van der Waals surface area contributed by atoms with Crippen LogP contribution in [0, 0.1) is 6.92 Å². The minimum absolute atomic E-state index is 0.108. The summed E-state index contributed by atoms with van der Waals surface area (Å²) in [4.78, 5) is 11.2. The third-order valence-corrected chi connectivity index (χ3v) is 2.29. The lowest BCUT2D eigenvalue weighted by Gasteiger charge is -2.04. The zero-order chi connectivity index (χ0) is 9.97. The standard InChI is InChI=1S/C10H14N2O2/c1-7-4-5-14-9(7)6-11-10(13)12-8-2-3-8/h4-5,8H,2-3,6H2,1H3,(H2,11,12,13). The van der Waals surface area contributed by atoms with Gasteiger partial charge in [0.05, 0.1) is 12.8 Å². The summed E-state index contributed by atoms with van der Waals surface area (Å²) >= 11 is 0. The van der Waals surface area contributed by atoms with Gasteiger partial charge in [-0.15, -0.1) is 0 Å². The Morgan fingerprint density at radius 3 is 3.00 bits per heavy atom. The first-order chi connectivity index (χ1) is 6.75. The fraction of sp³-hybridized carbons (Fsp3) is 0.500. The number of hydrogen-bond donors (Lipinski definition) is 2. The van der Waals surface area contributed by atoms with Crippen molar-refractivity contribution in [3.63, 3.8) is 0 Å². The highest BCUT2D eigenvalue weighted by atomic mass is 16.3. The van der Waals surface area contributed by atoms with Crippen LogP contribution in [0.5, 0.6) is 0 Å². The zero-order valence-electron chi connectivity index (χ0n) is 8.17. The van der Waals surface area contributed by atoms with E-state index in [9.17, 15) is 4.79 Å². The van der Waals surface area contributed by atoms with Gasteiger partial charge in [0.15, 0.2) is 0 Å². The Labute approximate surface area is 82.7 Å². The normalized spacial score (nSPS) is 15.2. The molecule has 4 nitrogen and oxygen atoms in total. The molecule has 0 aromatic carbocycles. The van der Waals surface area contributed by atoms with E-state index in [-0.39, 0.29) is 6.03 Å². The number of hydrogen-bond acceptors (Lipinski definition) is 2. The first kappa shape index (κ1) is 9.12. The van der Waals surface area contributed by atoms with Gasteiger partial charge in [0.25, 0.3) is 0 Å². The number of rotatable bonds is 3. The Bertz CT molecular complexity index is 329. The van der Waals surface area contributed by atoms with Crippen LogP contribution in [0.2, 0.25) is 0 Å². The van der Waals surface area contributed by atoms with Crippen LogP contribution in [0.15, 0.2) is 16.7 Å². The summed E-state index contributed by atoms with van der Waals surface area (Å²) in [6.07, 6.45) is 3.84. The van der Waals surface area contributed by atoms with Crippen molar-refractivity contribution in [2.45, 2.75) is 32.4 Å². The predicted molar refractivity (Wildman–Crippen MR) is 51.8 cm³/mol. The van der Waals surface area contributed by atoms with Crippen LogP contribution >= 0.6 is 0 Å². The molecule has 0 atom stereocenters. The number of furan rings is 1. The van der Waals surface area contributed by atoms with E-state index in [4.69, 9.17) is 4.42 Å². The first-order valence-electron chi connectivity index (χ1n) is 4.83. The molecule has 1 fully saturated rings. The maximum Gasteiger partial charge on any atom is 0.315 e. The summed E-state index contributed by atoms with van der Waals surface area (Å²) in [6, 6.07) is 2.17. The van der Waals surface area contributed by atoms with E-state index >= 15 is 0 Å². The topological polar surface area (TPSA) is 54.3 Å². The van der Waals surface area contributed by atoms with Crippen molar-refractivity contribution in [3.05, 3.63) is 23.7 Å². The molecule has 1 saturated carbocycles. The first-order valence-corrected chi connectivity index (χ1v) is 4.83. The van der Waals surface area contributed by atoms with Gasteiger partial charge in [-0.3, -0.25) is 0 Å². The fourth-order valence-corrected chi connectivity index (χ4v) is 1.21. The lowest BCUT2D eigenvalue weighted by Crippen LogP contribution is -2.36. The second kappa shape index (κ2) is 3.74. The SMILES string of the molecule is Cc1ccoc1CNC(=O)NC1CC1. The van der Waals surface area contributed by atoms with Crippen molar-refractivity contribution < 1.29 is 9.21 Å². The Kier molecular flexibility index (Phi) is 2.43. The van der Waals surface area contributed by atoms with E-state index in [1.54, 1.807) is 6.26 Å². The van der Waals surface area contributed by atoms with Gasteiger partial charge in [0, 0.05) is 6.04 Å². The smallest absolute Gasteiger partial charge is 0.315 e. The molecule has 14 heavy (non-hydrogen) atoms. The molecule has 4 heteroatoms. The third kappa shape index (κ3) is 2.28. The summed E-state index contributed by atoms with van der Waals surface area (Å²) in [5.41, 5.74) is 1.07. The van der Waals surface area contributed by atoms with E-state index in [1.807, 2.05) is 13.0 Å². The molecular formula is C10H14N2O2. The summed E-state index contributed by atoms with van der Waals surface area (Å²) in [5, 5.41) is 5.60. The van der Waals surface area contributed by atoms with Crippen molar-refractivity contribution in [2.75, 3.05) is 0 Å². The molecular weight excluding hydrogens is 180 g/mol. The fourth-order valence-electron chi connectivity index (χ4n) is 1.21. The minimum Gasteiger partial charge on any atom is -0.467 e. The van der Waals surface area contributed by atoms with Crippen LogP contribution in [0.4, 0.5) is 4.79 Å². The number of nitrogens with one attached hydrogen (secondary N) is 2. The van der Waals surface area contributed by atoms with E-state index in [2.05, 4.69) is 10.6 Å². The molecule has 1 heterocycles. The predicted octanol–water partition coefficient (Wildman–Crippen LogP) is 1.55. The van der Waals surface area contributed by atoms with E-state index in [0.717, 1.165) is 24.2 Å². The van der Waals surface area contributed by atoms with Gasteiger partial charge in [-0.2, -0.15) is 0 Å². The quantitative estimate of drug-likeness (QED) is 0.767. The summed E-state index contributed by atoms with van der Waals surface area (Å²) < 4.78 is 5.19. The number of urea groups is 1. The van der Waals surface area contributed by atoms with Crippen molar-refractivity contribution in [2.24, 2.45) is 0 Å². The summed E-state index contributed by atoms with van der Waals surface area (Å²) in [7, 11) is 0. The monoisotopic (exact) mass is 194 g/mol. The molecule has 2 N–H and O–H groups in total. The summed E-state index contributed by atoms with van der Waals surface area (Å²) in [6.45, 7) is 2.41. The van der Waals surface area contributed by atoms with Crippen LogP contribution in [0.3, 0.4) is 0 Å². The third-order valence-electron chi connectivity index (χ3n) is 2.29. The molecule has 2 rings (SSSR count). The molecule has 76 valence electrons. The van der Waals surface area contributed by atoms with Crippen molar-refractivity contribution in [1.29, 1.82) is 0 Å². The van der Waals surface area contributed by atoms with Crippen LogP contribution in [0.1, 0.15) is 24.2 Å². The molecule has 0 saturated heterocycles. The van der Waals surface area contributed by atoms with E-state index < -0.39 is 0 Å². The minimum atomic E-state index is -0.108. The maximum atomic E-state index is 11.2. The molecule has 0 unspecified atom stereocenters. The Morgan fingerprint density at radius 2 is 2.43 bits per heavy atom. The van der Waals surface area contributed by atoms with Gasteiger partial charge in [0.1, 0.15) is 5.76 Å². The van der Waals surface area contributed by atoms with Gasteiger partial charge in [0.2, 0.25) is 0 Å². The Hall–Kier alpha value is -1.45. The number of carbonyl (C=O) groups is 1. The van der Waals surface area contributed by atoms with E-state index in [0.29, 0.717) is 12.6 Å². The van der Waals surface area contributed by atoms with Crippen LogP contribution in [0.25, 0.3) is 0 Å². The van der Waals surface area contributed by atoms with Crippen LogP contribution in [-0.2, 0) is 6.54 Å². The lowest BCUT2D eigenvalue weighted by atomic mass is 10.3. The lowest BCUT2D eigenvalue weighted by molar-refractivity contribution is 0.239. The number of aryl methyl sites for hydroxylation is 1. The van der Waals surface area contributed by atoms with E-state index in [1.165, 1.54) is 0 Å². The van der Waals surface area contributed by atoms with Gasteiger partial charge >= 0.3 is 6.03 Å². The van der Waals surface area contributed by atoms with Gasteiger partial charge in [-0.25, -0.2) is 4.79 Å². The molecule has 0 spiro atoms. The zero-order valence-corrected chi connectivity index (χ0v) is 8.17. The highest BCUT2D eigenvalue weighted by Gasteiger charge is 2.23. The Morgan fingerprint density at radius 1 is 1.64 bits per heavy atom. The molecule has 1 aromatic rings. The molecule has 0 aliphatic heterocycles. The van der Waals surface area contributed by atoms with Crippen molar-refractivity contribution in [1.82, 2.24) is 10.6 Å². The molecule has 0 bridgehead atoms. The van der Waals surface area contributed by atoms with Crippen LogP contribution < -0.4 is 10.6 Å². The highest BCUT2D eigenvalue weighted by Crippen LogP contribution is 2.18. The number of amides is 2. The Balaban J connectivity index is 1.76. The second-order valence-corrected chi connectivity index (χ2v) is 3.63. The molecule has 2 amide bonds. The second-order valence-electron chi connectivity index (χ2n) is 3.63. The average molecular weight is 194 g/mol. The van der Waals surface area contributed by atoms with Crippen LogP contribution in [-0.4, -0.2) is 12.1 Å². The number of carbonyl (C=O) groups excluding carboxylic acids is 1. The van der Waals surface area contributed by atoms with Crippen molar-refractivity contribution >= 4 is 6.03 Å². The molecule has 1 aromatic heterocycles. The van der Waals surface area contributed by atoms with Gasteiger partial charge in [-0.1, -0.05) is 0 Å². The average Bonchev–Trinajstić information content (AvgIpc) is 2.86. The highest BCUT2D eigenvalue weighted by molar-refractivity contribution is 5.74. The summed E-state index contributed by atoms with van der Waals surface area (Å²) in [5.74, 6) is 0.816. The maximum absolute atomic E-state index is 11.2. The van der Waals surface area contributed by atoms with Gasteiger partial charge < -0.3 is 15.1 Å². The molecule has 1 aliphatic rings. The van der Waals surface area contributed by atoms with Gasteiger partial charge in [-0.05, 0) is 31.4 Å². The molecule has 0 radical (unpaired) electrons.